The molecule has 3 aromatic carbocycles. The van der Waals surface area contributed by atoms with E-state index in [-0.39, 0.29) is 20.1 Å². The Morgan fingerprint density at radius 1 is 0.667 bits per heavy atom. The molecule has 0 spiro atoms. The molecule has 251 valence electrons. The summed E-state index contributed by atoms with van der Waals surface area (Å²) >= 11 is 0. The van der Waals surface area contributed by atoms with Crippen molar-refractivity contribution in [2.45, 2.75) is 81.4 Å². The van der Waals surface area contributed by atoms with Gasteiger partial charge >= 0.3 is 0 Å². The molecule has 0 aliphatic rings. The average Bonchev–Trinajstić information content (AvgIpc) is 3.68. The van der Waals surface area contributed by atoms with Crippen molar-refractivity contribution in [3.8, 4) is 22.5 Å². The summed E-state index contributed by atoms with van der Waals surface area (Å²) in [5.41, 5.74) is 5.00. The molecule has 0 atom stereocenters. The Bertz CT molecular complexity index is 2400. The second-order valence-corrected chi connectivity index (χ2v) is 15.0. The number of rotatable bonds is 5. The molecular formula is C43H46IrN2O2-2. The summed E-state index contributed by atoms with van der Waals surface area (Å²) in [7, 11) is 0. The van der Waals surface area contributed by atoms with Crippen LogP contribution < -0.4 is 0 Å². The van der Waals surface area contributed by atoms with Gasteiger partial charge in [-0.3, -0.25) is 0 Å². The summed E-state index contributed by atoms with van der Waals surface area (Å²) in [5.74, 6) is 0. The van der Waals surface area contributed by atoms with Crippen LogP contribution >= 0.6 is 0 Å². The minimum atomic E-state index is -1.73. The predicted molar refractivity (Wildman–Crippen MR) is 195 cm³/mol. The van der Waals surface area contributed by atoms with E-state index < -0.39 is 35.4 Å². The normalized spacial score (nSPS) is 15.1. The maximum absolute atomic E-state index is 8.77. The van der Waals surface area contributed by atoms with Gasteiger partial charge in [0.1, 0.15) is 11.2 Å². The Hall–Kier alpha value is -3.79. The molecule has 5 heteroatoms. The molecule has 7 aromatic rings. The van der Waals surface area contributed by atoms with E-state index in [0.29, 0.717) is 39.2 Å². The molecule has 0 bridgehead atoms. The standard InChI is InChI=1S/C22H18NO2.C21H28N.Ir/c1-22(2,3)12-13-9-10-23-15(11-13)14-7-8-18-20-19-16(24-18)5-4-6-17(19)25-21(14)20;1-20(2,3)13-17-12-19(16-10-8-7-9-11-16)22-15-18(17)14-21(4,5)6;/h4-6,8-11H,12H2,1-3H3;7-10,12,15H,13-14H2,1-6H3;/q2*-1;/i12D2;13D2,14D2;. The van der Waals surface area contributed by atoms with Gasteiger partial charge in [0.25, 0.3) is 0 Å². The van der Waals surface area contributed by atoms with Crippen LogP contribution in [0.1, 0.15) is 87.2 Å². The molecule has 0 aliphatic carbocycles. The predicted octanol–water partition coefficient (Wildman–Crippen LogP) is 11.9. The fourth-order valence-corrected chi connectivity index (χ4v) is 5.52. The van der Waals surface area contributed by atoms with Gasteiger partial charge in [-0.2, -0.15) is 0 Å². The van der Waals surface area contributed by atoms with Crippen LogP contribution in [0.3, 0.4) is 0 Å². The third-order valence-corrected chi connectivity index (χ3v) is 7.16. The molecule has 0 fully saturated rings. The van der Waals surface area contributed by atoms with E-state index in [1.54, 1.807) is 36.5 Å². The number of hydrogen-bond donors (Lipinski definition) is 0. The monoisotopic (exact) mass is 821 g/mol. The van der Waals surface area contributed by atoms with E-state index in [1.165, 1.54) is 6.20 Å². The van der Waals surface area contributed by atoms with Crippen LogP contribution in [-0.2, 0) is 39.2 Å². The van der Waals surface area contributed by atoms with Crippen LogP contribution in [0.25, 0.3) is 55.6 Å². The molecule has 0 unspecified atom stereocenters. The smallest absolute Gasteiger partial charge is 0.124 e. The Morgan fingerprint density at radius 2 is 1.35 bits per heavy atom. The van der Waals surface area contributed by atoms with E-state index in [0.717, 1.165) is 33.1 Å². The van der Waals surface area contributed by atoms with Gasteiger partial charge in [-0.15, -0.1) is 48.0 Å². The second-order valence-electron chi connectivity index (χ2n) is 15.0. The van der Waals surface area contributed by atoms with Gasteiger partial charge in [0.15, 0.2) is 0 Å². The van der Waals surface area contributed by atoms with Crippen LogP contribution in [0.15, 0.2) is 88.0 Å². The van der Waals surface area contributed by atoms with Crippen LogP contribution in [0, 0.1) is 28.4 Å². The van der Waals surface area contributed by atoms with Crippen molar-refractivity contribution < 1.29 is 37.2 Å². The molecule has 7 rings (SSSR count). The Balaban J connectivity index is 0.000000204. The Morgan fingerprint density at radius 3 is 2.02 bits per heavy atom. The summed E-state index contributed by atoms with van der Waals surface area (Å²) < 4.78 is 64.0. The number of benzene rings is 3. The molecule has 4 nitrogen and oxygen atoms in total. The van der Waals surface area contributed by atoms with Gasteiger partial charge in [0.05, 0.1) is 16.6 Å². The van der Waals surface area contributed by atoms with E-state index in [4.69, 9.17) is 17.1 Å². The van der Waals surface area contributed by atoms with Crippen molar-refractivity contribution in [2.24, 2.45) is 16.2 Å². The second kappa shape index (κ2) is 13.6. The van der Waals surface area contributed by atoms with Gasteiger partial charge in [-0.25, -0.2) is 0 Å². The third kappa shape index (κ3) is 8.25. The maximum atomic E-state index is 8.77. The number of pyridine rings is 2. The number of furan rings is 2. The van der Waals surface area contributed by atoms with E-state index in [9.17, 15) is 0 Å². The minimum Gasteiger partial charge on any atom is -0.500 e. The number of aromatic nitrogens is 2. The first-order chi connectivity index (χ1) is 24.5. The zero-order valence-corrected chi connectivity index (χ0v) is 31.4. The van der Waals surface area contributed by atoms with Crippen molar-refractivity contribution in [3.05, 3.63) is 108 Å². The molecule has 0 N–H and O–H groups in total. The SMILES string of the molecule is [2H]C([2H])(c1ccnc(-c2[c-]cc3oc4cccc5oc2c3c45)c1)C(C)(C)C.[2H]C([2H])(c1cnc(-c2[c-]cccc2)cc1C([2H])([2H])C(C)(C)C)C(C)(C)C.[Ir]. The molecule has 0 saturated carbocycles. The molecule has 48 heavy (non-hydrogen) atoms. The van der Waals surface area contributed by atoms with E-state index in [1.807, 2.05) is 98.7 Å². The maximum Gasteiger partial charge on any atom is 0.124 e. The fourth-order valence-electron chi connectivity index (χ4n) is 5.52. The number of hydrogen-bond acceptors (Lipinski definition) is 4. The first-order valence-electron chi connectivity index (χ1n) is 19.0. The molecule has 4 heterocycles. The molecule has 0 saturated heterocycles. The van der Waals surface area contributed by atoms with Crippen LogP contribution in [0.2, 0.25) is 0 Å². The largest absolute Gasteiger partial charge is 0.500 e. The Kier molecular flexibility index (Phi) is 7.96. The Labute approximate surface area is 307 Å². The van der Waals surface area contributed by atoms with Crippen molar-refractivity contribution in [3.63, 3.8) is 0 Å². The van der Waals surface area contributed by atoms with E-state index >= 15 is 0 Å². The van der Waals surface area contributed by atoms with Crippen LogP contribution in [0.5, 0.6) is 0 Å². The molecular weight excluding hydrogens is 769 g/mol. The fraction of sp³-hybridized carbons (Fsp3) is 0.349. The summed E-state index contributed by atoms with van der Waals surface area (Å²) in [6, 6.07) is 26.5. The quantitative estimate of drug-likeness (QED) is 0.162. The minimum absolute atomic E-state index is 0. The summed E-state index contributed by atoms with van der Waals surface area (Å²) in [6.45, 7) is 16.6. The molecule has 4 aromatic heterocycles. The van der Waals surface area contributed by atoms with Gasteiger partial charge in [0, 0.05) is 40.7 Å². The average molecular weight is 821 g/mol. The summed E-state index contributed by atoms with van der Waals surface area (Å²) in [5, 5.41) is 1.90. The van der Waals surface area contributed by atoms with Crippen molar-refractivity contribution in [1.29, 1.82) is 0 Å². The summed E-state index contributed by atoms with van der Waals surface area (Å²) in [6.07, 6.45) is -1.81. The van der Waals surface area contributed by atoms with Crippen molar-refractivity contribution >= 4 is 33.1 Å². The van der Waals surface area contributed by atoms with Gasteiger partial charge in [-0.05, 0) is 81.5 Å². The first kappa shape index (κ1) is 28.1. The zero-order valence-electron chi connectivity index (χ0n) is 35.0. The van der Waals surface area contributed by atoms with Gasteiger partial charge < -0.3 is 18.8 Å². The van der Waals surface area contributed by atoms with Gasteiger partial charge in [0.2, 0.25) is 0 Å². The topological polar surface area (TPSA) is 52.1 Å². The van der Waals surface area contributed by atoms with Gasteiger partial charge in [-0.1, -0.05) is 91.6 Å². The third-order valence-electron chi connectivity index (χ3n) is 7.16. The zero-order chi connectivity index (χ0) is 38.9. The van der Waals surface area contributed by atoms with Crippen LogP contribution in [-0.4, -0.2) is 9.97 Å². The molecule has 0 aliphatic heterocycles. The van der Waals surface area contributed by atoms with Crippen molar-refractivity contribution in [1.82, 2.24) is 9.97 Å². The summed E-state index contributed by atoms with van der Waals surface area (Å²) in [4.78, 5) is 8.92. The van der Waals surface area contributed by atoms with Crippen molar-refractivity contribution in [2.75, 3.05) is 0 Å². The van der Waals surface area contributed by atoms with E-state index in [2.05, 4.69) is 22.1 Å². The molecule has 0 amide bonds. The van der Waals surface area contributed by atoms with Crippen LogP contribution in [0.4, 0.5) is 0 Å². The molecule has 1 radical (unpaired) electrons. The first-order valence-corrected chi connectivity index (χ1v) is 16.0. The number of nitrogens with zero attached hydrogens (tertiary/aromatic N) is 2.